The predicted molar refractivity (Wildman–Crippen MR) is 67.4 cm³/mol. The van der Waals surface area contributed by atoms with Gasteiger partial charge in [-0.15, -0.1) is 12.4 Å². The highest BCUT2D eigenvalue weighted by molar-refractivity contribution is 5.85. The van der Waals surface area contributed by atoms with Crippen LogP contribution in [0.15, 0.2) is 30.3 Å². The Morgan fingerprint density at radius 1 is 1.40 bits per heavy atom. The summed E-state index contributed by atoms with van der Waals surface area (Å²) < 4.78 is 15.6. The molecule has 1 aliphatic heterocycles. The highest BCUT2D eigenvalue weighted by Crippen LogP contribution is 2.28. The van der Waals surface area contributed by atoms with Crippen LogP contribution in [0, 0.1) is 5.92 Å². The Bertz CT molecular complexity index is 337. The molecule has 15 heavy (non-hydrogen) atoms. The fraction of sp³-hybridized carbons (Fsp3) is 0.538. The standard InChI is InChI=1S/C13H19N.ClH/c1-2-11-8-9-14-13(10-11)12-6-4-3-5-7-12;/h3-7,11,13-14H,2,8-10H2,1H3;1H/t11-,13+;/m1./s1/i2D2;. The molecule has 0 aliphatic carbocycles. The van der Waals surface area contributed by atoms with Gasteiger partial charge in [0.2, 0.25) is 0 Å². The lowest BCUT2D eigenvalue weighted by Gasteiger charge is -2.30. The Hall–Kier alpha value is -0.530. The number of nitrogens with one attached hydrogen (secondary N) is 1. The third-order valence-corrected chi connectivity index (χ3v) is 3.01. The fourth-order valence-corrected chi connectivity index (χ4v) is 2.12. The van der Waals surface area contributed by atoms with E-state index >= 15 is 0 Å². The zero-order valence-electron chi connectivity index (χ0n) is 11.1. The lowest BCUT2D eigenvalue weighted by molar-refractivity contribution is 0.299. The van der Waals surface area contributed by atoms with Crippen molar-refractivity contribution in [2.45, 2.75) is 32.2 Å². The summed E-state index contributed by atoms with van der Waals surface area (Å²) in [6.07, 6.45) is 0.773. The largest absolute Gasteiger partial charge is 0.310 e. The molecular weight excluding hydrogens is 206 g/mol. The van der Waals surface area contributed by atoms with Gasteiger partial charge in [-0.3, -0.25) is 0 Å². The average molecular weight is 228 g/mol. The maximum atomic E-state index is 7.82. The van der Waals surface area contributed by atoms with E-state index < -0.39 is 6.37 Å². The Morgan fingerprint density at radius 3 is 2.80 bits per heavy atom. The highest BCUT2D eigenvalue weighted by atomic mass is 35.5. The molecule has 1 aromatic carbocycles. The second-order valence-corrected chi connectivity index (χ2v) is 3.93. The van der Waals surface area contributed by atoms with Crippen LogP contribution in [0.25, 0.3) is 0 Å². The van der Waals surface area contributed by atoms with E-state index in [2.05, 4.69) is 17.4 Å². The van der Waals surface area contributed by atoms with Crippen molar-refractivity contribution >= 4 is 12.4 Å². The van der Waals surface area contributed by atoms with Crippen molar-refractivity contribution < 1.29 is 2.74 Å². The summed E-state index contributed by atoms with van der Waals surface area (Å²) >= 11 is 0. The van der Waals surface area contributed by atoms with E-state index in [4.69, 9.17) is 2.74 Å². The first kappa shape index (κ1) is 9.68. The Morgan fingerprint density at radius 2 is 2.13 bits per heavy atom. The van der Waals surface area contributed by atoms with Gasteiger partial charge in [0.15, 0.2) is 0 Å². The minimum Gasteiger partial charge on any atom is -0.310 e. The molecule has 0 saturated carbocycles. The maximum absolute atomic E-state index is 7.82. The molecule has 1 aliphatic rings. The number of halogens is 1. The van der Waals surface area contributed by atoms with Crippen LogP contribution in [-0.2, 0) is 0 Å². The van der Waals surface area contributed by atoms with Crippen LogP contribution >= 0.6 is 12.4 Å². The van der Waals surface area contributed by atoms with E-state index in [-0.39, 0.29) is 18.3 Å². The van der Waals surface area contributed by atoms with E-state index in [0.717, 1.165) is 19.4 Å². The molecule has 2 atom stereocenters. The van der Waals surface area contributed by atoms with Crippen molar-refractivity contribution in [2.24, 2.45) is 5.92 Å². The maximum Gasteiger partial charge on any atom is 0.0322 e. The van der Waals surface area contributed by atoms with Crippen LogP contribution in [0.3, 0.4) is 0 Å². The zero-order chi connectivity index (χ0) is 11.6. The van der Waals surface area contributed by atoms with Crippen LogP contribution in [-0.4, -0.2) is 6.54 Å². The third kappa shape index (κ3) is 3.22. The van der Waals surface area contributed by atoms with Crippen molar-refractivity contribution in [3.05, 3.63) is 35.9 Å². The Balaban J connectivity index is 0.00000144. The first-order valence-electron chi connectivity index (χ1n) is 6.36. The number of hydrogen-bond acceptors (Lipinski definition) is 1. The minimum atomic E-state index is -1.06. The van der Waals surface area contributed by atoms with Gasteiger partial charge in [-0.25, -0.2) is 0 Å². The molecule has 0 unspecified atom stereocenters. The molecule has 0 amide bonds. The molecule has 0 spiro atoms. The number of benzene rings is 1. The fourth-order valence-electron chi connectivity index (χ4n) is 2.12. The van der Waals surface area contributed by atoms with Crippen LogP contribution in [0.4, 0.5) is 0 Å². The molecule has 1 N–H and O–H groups in total. The van der Waals surface area contributed by atoms with E-state index in [0.29, 0.717) is 6.04 Å². The van der Waals surface area contributed by atoms with Gasteiger partial charge in [-0.05, 0) is 30.9 Å². The molecule has 1 aromatic rings. The van der Waals surface area contributed by atoms with Crippen molar-refractivity contribution in [1.82, 2.24) is 5.32 Å². The van der Waals surface area contributed by atoms with Gasteiger partial charge in [0.25, 0.3) is 0 Å². The number of hydrogen-bond donors (Lipinski definition) is 1. The molecule has 1 nitrogen and oxygen atoms in total. The quantitative estimate of drug-likeness (QED) is 0.815. The second kappa shape index (κ2) is 6.14. The highest BCUT2D eigenvalue weighted by Gasteiger charge is 2.20. The van der Waals surface area contributed by atoms with E-state index in [1.54, 1.807) is 6.92 Å². The number of rotatable bonds is 2. The van der Waals surface area contributed by atoms with E-state index in [1.165, 1.54) is 5.56 Å². The molecule has 0 aromatic heterocycles. The molecule has 1 heterocycles. The van der Waals surface area contributed by atoms with Crippen LogP contribution < -0.4 is 5.32 Å². The van der Waals surface area contributed by atoms with Crippen LogP contribution in [0.5, 0.6) is 0 Å². The van der Waals surface area contributed by atoms with Crippen LogP contribution in [0.2, 0.25) is 0 Å². The van der Waals surface area contributed by atoms with E-state index in [1.807, 2.05) is 18.2 Å². The number of piperidine rings is 1. The lowest BCUT2D eigenvalue weighted by Crippen LogP contribution is -2.31. The summed E-state index contributed by atoms with van der Waals surface area (Å²) in [5, 5.41) is 3.47. The van der Waals surface area contributed by atoms with Crippen molar-refractivity contribution in [3.8, 4) is 0 Å². The lowest BCUT2D eigenvalue weighted by atomic mass is 9.87. The smallest absolute Gasteiger partial charge is 0.0322 e. The molecule has 84 valence electrons. The molecule has 0 bridgehead atoms. The zero-order valence-corrected chi connectivity index (χ0v) is 9.89. The summed E-state index contributed by atoms with van der Waals surface area (Å²) in [5.41, 5.74) is 1.27. The minimum absolute atomic E-state index is 0. The van der Waals surface area contributed by atoms with Gasteiger partial charge >= 0.3 is 0 Å². The summed E-state index contributed by atoms with van der Waals surface area (Å²) in [7, 11) is 0. The average Bonchev–Trinajstić information content (AvgIpc) is 2.29. The van der Waals surface area contributed by atoms with Gasteiger partial charge in [0.1, 0.15) is 0 Å². The van der Waals surface area contributed by atoms with Gasteiger partial charge in [-0.2, -0.15) is 0 Å². The molecule has 0 radical (unpaired) electrons. The van der Waals surface area contributed by atoms with Crippen LogP contribution in [0.1, 0.15) is 40.5 Å². The SMILES string of the molecule is Cl.[2H]C([2H])(C)[C@@H]1CCN[C@H](c2ccccc2)C1. The molecule has 1 saturated heterocycles. The van der Waals surface area contributed by atoms with Gasteiger partial charge < -0.3 is 5.32 Å². The van der Waals surface area contributed by atoms with Gasteiger partial charge in [-0.1, -0.05) is 43.6 Å². The topological polar surface area (TPSA) is 12.0 Å². The first-order chi connectivity index (χ1) is 7.57. The molecule has 1 fully saturated rings. The first-order valence-corrected chi connectivity index (χ1v) is 5.36. The molecule has 2 rings (SSSR count). The molecule has 2 heteroatoms. The predicted octanol–water partition coefficient (Wildman–Crippen LogP) is 3.56. The second-order valence-electron chi connectivity index (χ2n) is 3.93. The normalized spacial score (nSPS) is 28.6. The van der Waals surface area contributed by atoms with Gasteiger partial charge in [0.05, 0.1) is 0 Å². The van der Waals surface area contributed by atoms with Crippen molar-refractivity contribution in [3.63, 3.8) is 0 Å². The third-order valence-electron chi connectivity index (χ3n) is 3.01. The Labute approximate surface area is 101 Å². The summed E-state index contributed by atoms with van der Waals surface area (Å²) in [6, 6.07) is 10.6. The Kier molecular flexibility index (Phi) is 3.96. The monoisotopic (exact) mass is 227 g/mol. The summed E-state index contributed by atoms with van der Waals surface area (Å²) in [4.78, 5) is 0. The van der Waals surface area contributed by atoms with Gasteiger partial charge in [0, 0.05) is 8.78 Å². The van der Waals surface area contributed by atoms with E-state index in [9.17, 15) is 0 Å². The summed E-state index contributed by atoms with van der Waals surface area (Å²) in [5.74, 6) is 0.166. The van der Waals surface area contributed by atoms with Crippen molar-refractivity contribution in [1.29, 1.82) is 0 Å². The summed E-state index contributed by atoms with van der Waals surface area (Å²) in [6.45, 7) is 2.61. The molecular formula is C13H20ClN. The van der Waals surface area contributed by atoms with Crippen molar-refractivity contribution in [2.75, 3.05) is 6.54 Å².